The Bertz CT molecular complexity index is 1510. The van der Waals surface area contributed by atoms with Gasteiger partial charge in [-0.25, -0.2) is 4.79 Å². The van der Waals surface area contributed by atoms with Crippen LogP contribution in [0.3, 0.4) is 0 Å². The van der Waals surface area contributed by atoms with E-state index in [-0.39, 0.29) is 17.2 Å². The van der Waals surface area contributed by atoms with Gasteiger partial charge in [0, 0.05) is 36.3 Å². The van der Waals surface area contributed by atoms with Crippen molar-refractivity contribution < 1.29 is 19.1 Å². The maximum absolute atomic E-state index is 13.4. The van der Waals surface area contributed by atoms with E-state index in [1.165, 1.54) is 25.5 Å². The number of nitrogens with zero attached hydrogens (tertiary/aromatic N) is 1. The van der Waals surface area contributed by atoms with Crippen LogP contribution >= 0.6 is 0 Å². The summed E-state index contributed by atoms with van der Waals surface area (Å²) in [5, 5.41) is 6.42. The number of amides is 2. The molecule has 1 unspecified atom stereocenters. The van der Waals surface area contributed by atoms with Gasteiger partial charge in [-0.2, -0.15) is 0 Å². The van der Waals surface area contributed by atoms with Crippen LogP contribution in [0.25, 0.3) is 21.9 Å². The van der Waals surface area contributed by atoms with E-state index in [2.05, 4.69) is 10.6 Å². The third kappa shape index (κ3) is 5.02. The third-order valence-electron chi connectivity index (χ3n) is 5.69. The Morgan fingerprint density at radius 2 is 1.36 bits per heavy atom. The Morgan fingerprint density at radius 3 is 1.97 bits per heavy atom. The maximum atomic E-state index is 13.4. The van der Waals surface area contributed by atoms with Gasteiger partial charge in [-0.05, 0) is 48.2 Å². The predicted octanol–water partition coefficient (Wildman–Crippen LogP) is 4.35. The highest BCUT2D eigenvalue weighted by Gasteiger charge is 2.26. The molecule has 1 aromatic heterocycles. The molecular formula is C28H25N3O5. The summed E-state index contributed by atoms with van der Waals surface area (Å²) in [7, 11) is 1.51. The second-order valence-corrected chi connectivity index (χ2v) is 8.29. The number of hydrogen-bond acceptors (Lipinski definition) is 5. The van der Waals surface area contributed by atoms with Gasteiger partial charge in [-0.3, -0.25) is 14.4 Å². The van der Waals surface area contributed by atoms with E-state index in [4.69, 9.17) is 4.74 Å². The average Bonchev–Trinajstić information content (AvgIpc) is 2.87. The van der Waals surface area contributed by atoms with E-state index in [0.29, 0.717) is 27.7 Å². The van der Waals surface area contributed by atoms with Crippen molar-refractivity contribution in [2.24, 2.45) is 7.05 Å². The number of hydrogen-bond donors (Lipinski definition) is 2. The van der Waals surface area contributed by atoms with Crippen molar-refractivity contribution in [1.82, 2.24) is 4.57 Å². The fourth-order valence-electron chi connectivity index (χ4n) is 3.96. The fraction of sp³-hybridized carbons (Fsp3) is 0.143. The zero-order valence-electron chi connectivity index (χ0n) is 20.1. The second kappa shape index (κ2) is 10.3. The Hall–Kier alpha value is -4.72. The summed E-state index contributed by atoms with van der Waals surface area (Å²) in [4.78, 5) is 50.3. The molecule has 182 valence electrons. The molecule has 2 N–H and O–H groups in total. The lowest BCUT2D eigenvalue weighted by molar-refractivity contribution is -0.123. The molecule has 0 saturated heterocycles. The summed E-state index contributed by atoms with van der Waals surface area (Å²) in [6, 6.07) is 22.9. The van der Waals surface area contributed by atoms with Crippen LogP contribution in [-0.4, -0.2) is 28.5 Å². The molecular weight excluding hydrogens is 458 g/mol. The molecule has 3 aromatic carbocycles. The first kappa shape index (κ1) is 24.4. The molecule has 0 aliphatic rings. The SMILES string of the molecule is CC(=O)Nc1ccc(NC(=O)C(C)OC(=O)c2c(-c3ccccc3)c3ccccc3c(=O)n2C)cc1. The Labute approximate surface area is 207 Å². The van der Waals surface area contributed by atoms with Gasteiger partial charge >= 0.3 is 5.97 Å². The summed E-state index contributed by atoms with van der Waals surface area (Å²) in [6.45, 7) is 2.86. The van der Waals surface area contributed by atoms with E-state index in [1.54, 1.807) is 48.5 Å². The minimum Gasteiger partial charge on any atom is -0.448 e. The average molecular weight is 484 g/mol. The van der Waals surface area contributed by atoms with Crippen LogP contribution in [0.15, 0.2) is 83.7 Å². The first-order valence-corrected chi connectivity index (χ1v) is 11.3. The number of carbonyl (C=O) groups excluding carboxylic acids is 3. The van der Waals surface area contributed by atoms with E-state index in [1.807, 2.05) is 30.3 Å². The predicted molar refractivity (Wildman–Crippen MR) is 139 cm³/mol. The first-order chi connectivity index (χ1) is 17.3. The maximum Gasteiger partial charge on any atom is 0.356 e. The molecule has 0 aliphatic heterocycles. The van der Waals surface area contributed by atoms with Crippen molar-refractivity contribution in [3.05, 3.63) is 94.9 Å². The summed E-state index contributed by atoms with van der Waals surface area (Å²) < 4.78 is 6.79. The molecule has 8 nitrogen and oxygen atoms in total. The smallest absolute Gasteiger partial charge is 0.356 e. The third-order valence-corrected chi connectivity index (χ3v) is 5.69. The van der Waals surface area contributed by atoms with Gasteiger partial charge in [0.15, 0.2) is 6.10 Å². The number of aromatic nitrogens is 1. The minimum absolute atomic E-state index is 0.0595. The minimum atomic E-state index is -1.14. The van der Waals surface area contributed by atoms with Gasteiger partial charge in [-0.1, -0.05) is 48.5 Å². The summed E-state index contributed by atoms with van der Waals surface area (Å²) in [5.41, 5.74) is 2.08. The molecule has 0 spiro atoms. The molecule has 0 saturated carbocycles. The lowest BCUT2D eigenvalue weighted by Gasteiger charge is -2.19. The highest BCUT2D eigenvalue weighted by atomic mass is 16.5. The first-order valence-electron chi connectivity index (χ1n) is 11.3. The van der Waals surface area contributed by atoms with Crippen LogP contribution in [0.4, 0.5) is 11.4 Å². The molecule has 36 heavy (non-hydrogen) atoms. The topological polar surface area (TPSA) is 106 Å². The van der Waals surface area contributed by atoms with Crippen molar-refractivity contribution in [2.75, 3.05) is 10.6 Å². The zero-order valence-corrected chi connectivity index (χ0v) is 20.1. The monoisotopic (exact) mass is 483 g/mol. The molecule has 0 fully saturated rings. The number of nitrogens with one attached hydrogen (secondary N) is 2. The number of rotatable bonds is 6. The number of carbonyl (C=O) groups is 3. The van der Waals surface area contributed by atoms with Gasteiger partial charge in [-0.15, -0.1) is 0 Å². The van der Waals surface area contributed by atoms with Gasteiger partial charge < -0.3 is 19.9 Å². The molecule has 0 bridgehead atoms. The van der Waals surface area contributed by atoms with Crippen LogP contribution in [-0.2, 0) is 21.4 Å². The van der Waals surface area contributed by atoms with Gasteiger partial charge in [0.05, 0.1) is 0 Å². The molecule has 0 radical (unpaired) electrons. The lowest BCUT2D eigenvalue weighted by Crippen LogP contribution is -2.32. The molecule has 8 heteroatoms. The molecule has 0 aliphatic carbocycles. The van der Waals surface area contributed by atoms with Crippen LogP contribution in [0, 0.1) is 0 Å². The number of esters is 1. The van der Waals surface area contributed by atoms with Crippen molar-refractivity contribution in [2.45, 2.75) is 20.0 Å². The van der Waals surface area contributed by atoms with Crippen molar-refractivity contribution >= 4 is 39.9 Å². The number of benzene rings is 3. The van der Waals surface area contributed by atoms with Gasteiger partial charge in [0.2, 0.25) is 5.91 Å². The normalized spacial score (nSPS) is 11.5. The van der Waals surface area contributed by atoms with Crippen LogP contribution in [0.1, 0.15) is 24.3 Å². The van der Waals surface area contributed by atoms with Gasteiger partial charge in [0.1, 0.15) is 5.69 Å². The number of ether oxygens (including phenoxy) is 1. The van der Waals surface area contributed by atoms with Crippen LogP contribution in [0.5, 0.6) is 0 Å². The van der Waals surface area contributed by atoms with E-state index >= 15 is 0 Å². The van der Waals surface area contributed by atoms with Crippen molar-refractivity contribution in [3.63, 3.8) is 0 Å². The van der Waals surface area contributed by atoms with E-state index in [0.717, 1.165) is 5.56 Å². The Morgan fingerprint density at radius 1 is 0.806 bits per heavy atom. The second-order valence-electron chi connectivity index (χ2n) is 8.29. The lowest BCUT2D eigenvalue weighted by atomic mass is 9.97. The zero-order chi connectivity index (χ0) is 25.8. The van der Waals surface area contributed by atoms with E-state index < -0.39 is 18.0 Å². The number of anilines is 2. The fourth-order valence-corrected chi connectivity index (χ4v) is 3.96. The molecule has 1 heterocycles. The summed E-state index contributed by atoms with van der Waals surface area (Å²) in [5.74, 6) is -1.53. The highest BCUT2D eigenvalue weighted by Crippen LogP contribution is 2.31. The molecule has 4 aromatic rings. The molecule has 2 amide bonds. The molecule has 4 rings (SSSR count). The Balaban J connectivity index is 1.63. The summed E-state index contributed by atoms with van der Waals surface area (Å²) in [6.07, 6.45) is -1.14. The van der Waals surface area contributed by atoms with Crippen LogP contribution in [0.2, 0.25) is 0 Å². The largest absolute Gasteiger partial charge is 0.448 e. The highest BCUT2D eigenvalue weighted by molar-refractivity contribution is 6.07. The van der Waals surface area contributed by atoms with Crippen molar-refractivity contribution in [1.29, 1.82) is 0 Å². The quantitative estimate of drug-likeness (QED) is 0.397. The van der Waals surface area contributed by atoms with Gasteiger partial charge in [0.25, 0.3) is 11.5 Å². The number of fused-ring (bicyclic) bond motifs is 1. The van der Waals surface area contributed by atoms with Crippen LogP contribution < -0.4 is 16.2 Å². The standard InChI is InChI=1S/C28H25N3O5/c1-17(26(33)30-21-15-13-20(14-16-21)29-18(2)32)36-28(35)25-24(19-9-5-4-6-10-19)22-11-7-8-12-23(22)27(34)31(25)3/h4-17H,1-3H3,(H,29,32)(H,30,33). The van der Waals surface area contributed by atoms with Crippen molar-refractivity contribution in [3.8, 4) is 11.1 Å². The Kier molecular flexibility index (Phi) is 6.96. The molecule has 1 atom stereocenters. The summed E-state index contributed by atoms with van der Waals surface area (Å²) >= 11 is 0. The van der Waals surface area contributed by atoms with E-state index in [9.17, 15) is 19.2 Å². The number of pyridine rings is 1.